The highest BCUT2D eigenvalue weighted by Crippen LogP contribution is 2.71. The van der Waals surface area contributed by atoms with Gasteiger partial charge in [0.05, 0.1) is 37.2 Å². The first-order chi connectivity index (χ1) is 17.1. The summed E-state index contributed by atoms with van der Waals surface area (Å²) >= 11 is 0. The molecule has 36 heavy (non-hydrogen) atoms. The summed E-state index contributed by atoms with van der Waals surface area (Å²) in [5, 5.41) is 0. The van der Waals surface area contributed by atoms with Crippen LogP contribution in [-0.2, 0) is 34.5 Å². The number of amides is 2. The van der Waals surface area contributed by atoms with Crippen LogP contribution in [0.3, 0.4) is 0 Å². The molecule has 1 aliphatic carbocycles. The van der Waals surface area contributed by atoms with E-state index in [4.69, 9.17) is 4.74 Å². The van der Waals surface area contributed by atoms with Crippen LogP contribution in [-0.4, -0.2) is 83.4 Å². The number of aryl methyl sites for hydroxylation is 1. The molecule has 190 valence electrons. The first kappa shape index (κ1) is 23.2. The van der Waals surface area contributed by atoms with Gasteiger partial charge in [-0.2, -0.15) is 4.68 Å². The minimum atomic E-state index is -0.554. The van der Waals surface area contributed by atoms with E-state index in [1.807, 2.05) is 70.9 Å². The van der Waals surface area contributed by atoms with Crippen LogP contribution in [0.1, 0.15) is 25.0 Å². The quantitative estimate of drug-likeness (QED) is 0.567. The molecule has 3 bridgehead atoms. The predicted molar refractivity (Wildman–Crippen MR) is 130 cm³/mol. The monoisotopic (exact) mass is 492 g/mol. The molecule has 2 atom stereocenters. The topological polar surface area (TPSA) is 79.0 Å². The van der Waals surface area contributed by atoms with Gasteiger partial charge in [0.15, 0.2) is 13.2 Å². The van der Waals surface area contributed by atoms with E-state index in [9.17, 15) is 14.4 Å². The van der Waals surface area contributed by atoms with Gasteiger partial charge in [0.2, 0.25) is 11.8 Å². The van der Waals surface area contributed by atoms with E-state index >= 15 is 0 Å². The number of methoxy groups -OCH3 is 1. The summed E-state index contributed by atoms with van der Waals surface area (Å²) in [4.78, 5) is 45.8. The van der Waals surface area contributed by atoms with Crippen molar-refractivity contribution in [1.82, 2.24) is 19.4 Å². The van der Waals surface area contributed by atoms with Crippen LogP contribution in [0, 0.1) is 16.2 Å². The van der Waals surface area contributed by atoms with Crippen LogP contribution >= 0.6 is 0 Å². The molecular weight excluding hydrogens is 458 g/mol. The van der Waals surface area contributed by atoms with Crippen molar-refractivity contribution >= 4 is 17.6 Å². The van der Waals surface area contributed by atoms with Crippen LogP contribution in [0.2, 0.25) is 0 Å². The van der Waals surface area contributed by atoms with Gasteiger partial charge in [-0.25, -0.2) is 0 Å². The molecule has 4 fully saturated rings. The Bertz CT molecular complexity index is 1240. The second-order valence-corrected chi connectivity index (χ2v) is 11.5. The Morgan fingerprint density at radius 3 is 2.14 bits per heavy atom. The van der Waals surface area contributed by atoms with Crippen LogP contribution in [0.25, 0.3) is 0 Å². The van der Waals surface area contributed by atoms with E-state index < -0.39 is 10.8 Å². The molecule has 9 heteroatoms. The summed E-state index contributed by atoms with van der Waals surface area (Å²) in [6.45, 7) is 7.46. The second-order valence-electron chi connectivity index (χ2n) is 11.5. The number of aromatic nitrogens is 2. The lowest BCUT2D eigenvalue weighted by Crippen LogP contribution is -2.70. The maximum Gasteiger partial charge on any atom is 0.236 e. The average Bonchev–Trinajstić information content (AvgIpc) is 3.46. The highest BCUT2D eigenvalue weighted by molar-refractivity contribution is 6.02. The molecule has 0 N–H and O–H groups in total. The molecule has 3 aliphatic heterocycles. The highest BCUT2D eigenvalue weighted by Gasteiger charge is 2.82. The van der Waals surface area contributed by atoms with Crippen LogP contribution in [0.4, 0.5) is 0 Å². The summed E-state index contributed by atoms with van der Waals surface area (Å²) in [6, 6.07) is 8.04. The number of nitrogens with zero attached hydrogens (tertiary/aromatic N) is 5. The van der Waals surface area contributed by atoms with Crippen molar-refractivity contribution in [2.45, 2.75) is 26.9 Å². The third-order valence-corrected chi connectivity index (χ3v) is 9.52. The van der Waals surface area contributed by atoms with Crippen LogP contribution in [0.5, 0.6) is 5.75 Å². The first-order valence-corrected chi connectivity index (χ1v) is 12.6. The molecule has 0 radical (unpaired) electrons. The largest absolute Gasteiger partial charge is 0.496 e. The van der Waals surface area contributed by atoms with E-state index in [-0.39, 0.29) is 36.1 Å². The maximum absolute atomic E-state index is 13.4. The van der Waals surface area contributed by atoms with Gasteiger partial charge in [0.1, 0.15) is 18.1 Å². The normalized spacial score (nSPS) is 31.7. The van der Waals surface area contributed by atoms with Crippen molar-refractivity contribution in [2.24, 2.45) is 23.3 Å². The van der Waals surface area contributed by atoms with Crippen molar-refractivity contribution in [1.29, 1.82) is 0 Å². The molecule has 4 aliphatic rings. The number of carbonyl (C=O) groups is 3. The van der Waals surface area contributed by atoms with Gasteiger partial charge in [-0.3, -0.25) is 19.3 Å². The number of benzene rings is 1. The van der Waals surface area contributed by atoms with E-state index in [1.54, 1.807) is 7.11 Å². The third-order valence-electron chi connectivity index (χ3n) is 9.52. The molecular formula is C27H34N5O4+. The summed E-state index contributed by atoms with van der Waals surface area (Å²) in [6.07, 6.45) is 4.00. The zero-order valence-electron chi connectivity index (χ0n) is 21.5. The number of Topliss-reactive ketones (excluding diaryl/α,β-unsaturated/α-hetero) is 1. The van der Waals surface area contributed by atoms with Gasteiger partial charge in [0.25, 0.3) is 0 Å². The van der Waals surface area contributed by atoms with Gasteiger partial charge < -0.3 is 14.5 Å². The van der Waals surface area contributed by atoms with Crippen molar-refractivity contribution in [3.8, 4) is 5.75 Å². The minimum Gasteiger partial charge on any atom is -0.496 e. The Kier molecular flexibility index (Phi) is 4.93. The van der Waals surface area contributed by atoms with Crippen molar-refractivity contribution < 1.29 is 23.8 Å². The number of ether oxygens (including phenoxy) is 1. The maximum atomic E-state index is 13.4. The lowest BCUT2D eigenvalue weighted by molar-refractivity contribution is -0.752. The van der Waals surface area contributed by atoms with E-state index in [2.05, 4.69) is 10.7 Å². The van der Waals surface area contributed by atoms with Gasteiger partial charge in [-0.1, -0.05) is 19.9 Å². The van der Waals surface area contributed by atoms with E-state index in [0.29, 0.717) is 39.3 Å². The number of hydrogen-bond donors (Lipinski definition) is 0. The van der Waals surface area contributed by atoms with Gasteiger partial charge in [0, 0.05) is 49.8 Å². The molecule has 1 aromatic heterocycles. The Morgan fingerprint density at radius 1 is 0.944 bits per heavy atom. The lowest BCUT2D eigenvalue weighted by atomic mass is 9.39. The number of carbonyl (C=O) groups excluding carboxylic acids is 3. The summed E-state index contributed by atoms with van der Waals surface area (Å²) in [5.74, 6) is 1.00. The van der Waals surface area contributed by atoms with Crippen molar-refractivity contribution in [3.63, 3.8) is 0 Å². The average molecular weight is 493 g/mol. The smallest absolute Gasteiger partial charge is 0.236 e. The molecule has 3 saturated heterocycles. The highest BCUT2D eigenvalue weighted by atomic mass is 16.5. The zero-order valence-corrected chi connectivity index (χ0v) is 21.5. The second kappa shape index (κ2) is 7.65. The lowest BCUT2D eigenvalue weighted by Gasteiger charge is -2.59. The first-order valence-electron chi connectivity index (χ1n) is 12.6. The fraction of sp³-hybridized carbons (Fsp3) is 0.556. The van der Waals surface area contributed by atoms with Gasteiger partial charge in [-0.05, 0) is 17.7 Å². The van der Waals surface area contributed by atoms with E-state index in [0.717, 1.165) is 16.9 Å². The molecule has 6 rings (SSSR count). The molecule has 1 saturated carbocycles. The number of fused-ring (bicyclic) bond motifs is 2. The Hall–Kier alpha value is -3.20. The molecule has 1 aromatic carbocycles. The SMILES string of the molecule is COc1ccc(CN2CC(=O)N3CC4(C)C(=O)C5(C)CN(CC45C3)C(=O)C2)cc1Cn1ccc[n+]1C. The fourth-order valence-electron chi connectivity index (χ4n) is 7.52. The zero-order chi connectivity index (χ0) is 25.5. The predicted octanol–water partition coefficient (Wildman–Crippen LogP) is 0.451. The minimum absolute atomic E-state index is 0.00333. The Labute approximate surface area is 211 Å². The molecule has 4 heterocycles. The molecule has 2 amide bonds. The number of rotatable bonds is 5. The molecule has 9 nitrogen and oxygen atoms in total. The van der Waals surface area contributed by atoms with Crippen molar-refractivity contribution in [3.05, 3.63) is 47.8 Å². The fourth-order valence-corrected chi connectivity index (χ4v) is 7.52. The molecule has 2 unspecified atom stereocenters. The summed E-state index contributed by atoms with van der Waals surface area (Å²) in [5.41, 5.74) is 0.628. The van der Waals surface area contributed by atoms with Crippen LogP contribution in [0.15, 0.2) is 36.7 Å². The van der Waals surface area contributed by atoms with Gasteiger partial charge >= 0.3 is 0 Å². The van der Waals surface area contributed by atoms with E-state index in [1.165, 1.54) is 0 Å². The summed E-state index contributed by atoms with van der Waals surface area (Å²) in [7, 11) is 3.65. The Morgan fingerprint density at radius 2 is 1.58 bits per heavy atom. The molecule has 1 spiro atoms. The summed E-state index contributed by atoms with van der Waals surface area (Å²) < 4.78 is 9.70. The van der Waals surface area contributed by atoms with Gasteiger partial charge in [-0.15, -0.1) is 4.68 Å². The van der Waals surface area contributed by atoms with Crippen molar-refractivity contribution in [2.75, 3.05) is 46.4 Å². The third kappa shape index (κ3) is 2.98. The van der Waals surface area contributed by atoms with Crippen LogP contribution < -0.4 is 9.42 Å². The standard InChI is InChI=1S/C27H34N5O4/c1-25-15-30-17-27(25)18-31(16-26(27,2)24(25)35)23(34)14-29(13-22(30)33)11-19-6-7-21(36-4)20(10-19)12-32-9-5-8-28(32)3/h5-10H,11-18H2,1-4H3/q+1. The number of hydrogen-bond acceptors (Lipinski definition) is 5. The molecule has 2 aromatic rings. The number of ketones is 1. The Balaban J connectivity index is 1.27.